The molecule has 4 heteroatoms. The third-order valence-electron chi connectivity index (χ3n) is 4.21. The van der Waals surface area contributed by atoms with Crippen molar-refractivity contribution in [2.75, 3.05) is 31.7 Å². The largest absolute Gasteiger partial charge is 0.383 e. The van der Waals surface area contributed by atoms with Crippen LogP contribution in [0.1, 0.15) is 38.2 Å². The lowest BCUT2D eigenvalue weighted by molar-refractivity contribution is 0.199. The number of halogens is 1. The van der Waals surface area contributed by atoms with Crippen molar-refractivity contribution in [3.05, 3.63) is 29.6 Å². The van der Waals surface area contributed by atoms with Crippen LogP contribution >= 0.6 is 0 Å². The molecule has 0 saturated carbocycles. The van der Waals surface area contributed by atoms with Gasteiger partial charge in [0.15, 0.2) is 0 Å². The van der Waals surface area contributed by atoms with Crippen LogP contribution in [0.3, 0.4) is 0 Å². The van der Waals surface area contributed by atoms with E-state index in [1.807, 2.05) is 6.07 Å². The van der Waals surface area contributed by atoms with Gasteiger partial charge in [0.1, 0.15) is 5.82 Å². The minimum absolute atomic E-state index is 0.102. The molecule has 0 aromatic heterocycles. The number of hydrogen-bond donors (Lipinski definition) is 1. The average Bonchev–Trinajstić information content (AvgIpc) is 2.69. The topological polar surface area (TPSA) is 24.5 Å². The van der Waals surface area contributed by atoms with Gasteiger partial charge in [0.05, 0.1) is 12.3 Å². The molecule has 2 rings (SSSR count). The number of anilines is 1. The summed E-state index contributed by atoms with van der Waals surface area (Å²) >= 11 is 0. The van der Waals surface area contributed by atoms with E-state index >= 15 is 0 Å². The van der Waals surface area contributed by atoms with E-state index in [1.165, 1.54) is 12.8 Å². The van der Waals surface area contributed by atoms with Gasteiger partial charge in [0, 0.05) is 32.8 Å². The van der Waals surface area contributed by atoms with Crippen LogP contribution in [0.15, 0.2) is 18.2 Å². The summed E-state index contributed by atoms with van der Waals surface area (Å²) < 4.78 is 19.5. The van der Waals surface area contributed by atoms with Crippen molar-refractivity contribution < 1.29 is 9.13 Å². The van der Waals surface area contributed by atoms with Gasteiger partial charge in [0.2, 0.25) is 0 Å². The van der Waals surface area contributed by atoms with Gasteiger partial charge in [-0.25, -0.2) is 4.39 Å². The van der Waals surface area contributed by atoms with Crippen LogP contribution < -0.4 is 10.2 Å². The van der Waals surface area contributed by atoms with Crippen LogP contribution in [0.4, 0.5) is 10.1 Å². The standard InChI is InChI=1S/C17H27FN2O/c1-14-7-4-3-5-11-20(14)17-15(8-6-9-16(17)18)13-19-10-12-21-2/h6,8-9,14,19H,3-5,7,10-13H2,1-2H3. The molecule has 0 radical (unpaired) electrons. The maximum absolute atomic E-state index is 14.4. The molecule has 1 fully saturated rings. The van der Waals surface area contributed by atoms with Gasteiger partial charge in [-0.3, -0.25) is 0 Å². The smallest absolute Gasteiger partial charge is 0.146 e. The van der Waals surface area contributed by atoms with E-state index < -0.39 is 0 Å². The lowest BCUT2D eigenvalue weighted by Gasteiger charge is -2.31. The fourth-order valence-corrected chi connectivity index (χ4v) is 3.03. The second kappa shape index (κ2) is 8.35. The third-order valence-corrected chi connectivity index (χ3v) is 4.21. The van der Waals surface area contributed by atoms with E-state index in [1.54, 1.807) is 19.2 Å². The molecule has 3 nitrogen and oxygen atoms in total. The Morgan fingerprint density at radius 3 is 3.00 bits per heavy atom. The van der Waals surface area contributed by atoms with E-state index in [0.29, 0.717) is 19.2 Å². The van der Waals surface area contributed by atoms with Crippen LogP contribution in [-0.2, 0) is 11.3 Å². The van der Waals surface area contributed by atoms with E-state index in [9.17, 15) is 4.39 Å². The van der Waals surface area contributed by atoms with Crippen molar-refractivity contribution in [1.82, 2.24) is 5.32 Å². The van der Waals surface area contributed by atoms with Gasteiger partial charge in [-0.05, 0) is 31.4 Å². The van der Waals surface area contributed by atoms with Gasteiger partial charge in [-0.15, -0.1) is 0 Å². The zero-order chi connectivity index (χ0) is 15.1. The highest BCUT2D eigenvalue weighted by atomic mass is 19.1. The number of ether oxygens (including phenoxy) is 1. The molecule has 0 bridgehead atoms. The molecule has 0 spiro atoms. The highest BCUT2D eigenvalue weighted by Gasteiger charge is 2.22. The van der Waals surface area contributed by atoms with E-state index in [-0.39, 0.29) is 5.82 Å². The van der Waals surface area contributed by atoms with E-state index in [2.05, 4.69) is 17.1 Å². The first-order valence-corrected chi connectivity index (χ1v) is 7.97. The van der Waals surface area contributed by atoms with Gasteiger partial charge in [-0.2, -0.15) is 0 Å². The van der Waals surface area contributed by atoms with Crippen molar-refractivity contribution in [2.24, 2.45) is 0 Å². The van der Waals surface area contributed by atoms with Gasteiger partial charge < -0.3 is 15.0 Å². The molecule has 1 heterocycles. The molecule has 1 unspecified atom stereocenters. The predicted octanol–water partition coefficient (Wildman–Crippen LogP) is 3.33. The second-order valence-corrected chi connectivity index (χ2v) is 5.81. The van der Waals surface area contributed by atoms with E-state index in [0.717, 1.165) is 37.2 Å². The molecule has 21 heavy (non-hydrogen) atoms. The molecule has 1 aromatic carbocycles. The van der Waals surface area contributed by atoms with Crippen molar-refractivity contribution in [2.45, 2.75) is 45.2 Å². The second-order valence-electron chi connectivity index (χ2n) is 5.81. The monoisotopic (exact) mass is 294 g/mol. The molecular weight excluding hydrogens is 267 g/mol. The van der Waals surface area contributed by atoms with Crippen molar-refractivity contribution in [3.8, 4) is 0 Å². The summed E-state index contributed by atoms with van der Waals surface area (Å²) in [6, 6.07) is 5.80. The Hall–Kier alpha value is -1.13. The summed E-state index contributed by atoms with van der Waals surface area (Å²) in [7, 11) is 1.69. The zero-order valence-electron chi connectivity index (χ0n) is 13.2. The SMILES string of the molecule is COCCNCc1cccc(F)c1N1CCCCCC1C. The molecule has 1 N–H and O–H groups in total. The highest BCUT2D eigenvalue weighted by Crippen LogP contribution is 2.30. The number of nitrogens with zero attached hydrogens (tertiary/aromatic N) is 1. The number of benzene rings is 1. The summed E-state index contributed by atoms with van der Waals surface area (Å²) in [4.78, 5) is 2.26. The third kappa shape index (κ3) is 4.42. The normalized spacial score (nSPS) is 19.6. The molecule has 0 amide bonds. The number of para-hydroxylation sites is 1. The first kappa shape index (κ1) is 16.2. The summed E-state index contributed by atoms with van der Waals surface area (Å²) in [5.41, 5.74) is 1.83. The summed E-state index contributed by atoms with van der Waals surface area (Å²) in [6.07, 6.45) is 4.78. The Morgan fingerprint density at radius 1 is 1.33 bits per heavy atom. The maximum atomic E-state index is 14.4. The summed E-state index contributed by atoms with van der Waals surface area (Å²) in [5.74, 6) is -0.102. The summed E-state index contributed by atoms with van der Waals surface area (Å²) in [6.45, 7) is 5.29. The van der Waals surface area contributed by atoms with Gasteiger partial charge >= 0.3 is 0 Å². The maximum Gasteiger partial charge on any atom is 0.146 e. The quantitative estimate of drug-likeness (QED) is 0.815. The minimum Gasteiger partial charge on any atom is -0.383 e. The Labute approximate surface area is 127 Å². The Kier molecular flexibility index (Phi) is 6.46. The number of nitrogens with one attached hydrogen (secondary N) is 1. The molecule has 0 aliphatic carbocycles. The Morgan fingerprint density at radius 2 is 2.19 bits per heavy atom. The molecule has 1 aliphatic heterocycles. The van der Waals surface area contributed by atoms with Crippen LogP contribution in [0.25, 0.3) is 0 Å². The predicted molar refractivity (Wildman–Crippen MR) is 85.3 cm³/mol. The van der Waals surface area contributed by atoms with Crippen molar-refractivity contribution in [3.63, 3.8) is 0 Å². The molecular formula is C17H27FN2O. The lowest BCUT2D eigenvalue weighted by atomic mass is 10.1. The average molecular weight is 294 g/mol. The van der Waals surface area contributed by atoms with Gasteiger partial charge in [0.25, 0.3) is 0 Å². The highest BCUT2D eigenvalue weighted by molar-refractivity contribution is 5.55. The lowest BCUT2D eigenvalue weighted by Crippen LogP contribution is -2.34. The molecule has 1 aromatic rings. The number of hydrogen-bond acceptors (Lipinski definition) is 3. The first-order chi connectivity index (χ1) is 10.2. The number of rotatable bonds is 6. The fourth-order valence-electron chi connectivity index (χ4n) is 3.03. The van der Waals surface area contributed by atoms with Crippen molar-refractivity contribution in [1.29, 1.82) is 0 Å². The fraction of sp³-hybridized carbons (Fsp3) is 0.647. The Balaban J connectivity index is 2.15. The molecule has 118 valence electrons. The van der Waals surface area contributed by atoms with E-state index in [4.69, 9.17) is 4.74 Å². The molecule has 1 atom stereocenters. The minimum atomic E-state index is -0.102. The van der Waals surface area contributed by atoms with Crippen LogP contribution in [0.5, 0.6) is 0 Å². The zero-order valence-corrected chi connectivity index (χ0v) is 13.2. The van der Waals surface area contributed by atoms with Crippen molar-refractivity contribution >= 4 is 5.69 Å². The van der Waals surface area contributed by atoms with Crippen LogP contribution in [-0.4, -0.2) is 32.8 Å². The summed E-state index contributed by atoms with van der Waals surface area (Å²) in [5, 5.41) is 3.32. The molecule has 1 saturated heterocycles. The van der Waals surface area contributed by atoms with Crippen LogP contribution in [0, 0.1) is 5.82 Å². The van der Waals surface area contributed by atoms with Crippen LogP contribution in [0.2, 0.25) is 0 Å². The first-order valence-electron chi connectivity index (χ1n) is 7.97. The van der Waals surface area contributed by atoms with Gasteiger partial charge in [-0.1, -0.05) is 25.0 Å². The molecule has 1 aliphatic rings. The number of methoxy groups -OCH3 is 1. The Bertz CT molecular complexity index is 439.